The monoisotopic (exact) mass is 388 g/mol. The molecule has 1 aliphatic rings. The Bertz CT molecular complexity index is 1020. The molecule has 150 valence electrons. The number of pyridine rings is 1. The van der Waals surface area contributed by atoms with Crippen LogP contribution in [0.15, 0.2) is 54.7 Å². The summed E-state index contributed by atoms with van der Waals surface area (Å²) < 4.78 is 0. The highest BCUT2D eigenvalue weighted by molar-refractivity contribution is 5.92. The number of aryl methyl sites for hydroxylation is 1. The van der Waals surface area contributed by atoms with Gasteiger partial charge in [0.15, 0.2) is 0 Å². The summed E-state index contributed by atoms with van der Waals surface area (Å²) in [4.78, 5) is 21.7. The van der Waals surface area contributed by atoms with Gasteiger partial charge >= 0.3 is 6.03 Å². The molecule has 2 heterocycles. The van der Waals surface area contributed by atoms with Crippen LogP contribution in [-0.2, 0) is 0 Å². The van der Waals surface area contributed by atoms with Crippen LogP contribution in [0.3, 0.4) is 0 Å². The van der Waals surface area contributed by atoms with Crippen LogP contribution in [0.4, 0.5) is 16.2 Å². The van der Waals surface area contributed by atoms with Crippen LogP contribution in [0, 0.1) is 6.92 Å². The van der Waals surface area contributed by atoms with Crippen LogP contribution >= 0.6 is 0 Å². The SMILES string of the molecule is Cc1cccc(C(C)C)c1NC(=O)N1CCN(c2cccc3cccnc23)CC1. The molecule has 5 heteroatoms. The Balaban J connectivity index is 1.46. The molecule has 2 amide bonds. The lowest BCUT2D eigenvalue weighted by molar-refractivity contribution is 0.208. The van der Waals surface area contributed by atoms with Crippen molar-refractivity contribution in [2.45, 2.75) is 26.7 Å². The van der Waals surface area contributed by atoms with E-state index in [9.17, 15) is 4.79 Å². The van der Waals surface area contributed by atoms with Crippen LogP contribution in [0.1, 0.15) is 30.9 Å². The summed E-state index contributed by atoms with van der Waals surface area (Å²) >= 11 is 0. The first-order chi connectivity index (χ1) is 14.0. The van der Waals surface area contributed by atoms with E-state index in [1.165, 1.54) is 5.56 Å². The zero-order chi connectivity index (χ0) is 20.4. The number of fused-ring (bicyclic) bond motifs is 1. The highest BCUT2D eigenvalue weighted by atomic mass is 16.2. The summed E-state index contributed by atoms with van der Waals surface area (Å²) in [6.45, 7) is 9.34. The van der Waals surface area contributed by atoms with Crippen molar-refractivity contribution in [1.29, 1.82) is 0 Å². The second-order valence-electron chi connectivity index (χ2n) is 7.95. The topological polar surface area (TPSA) is 48.5 Å². The molecule has 0 saturated carbocycles. The van der Waals surface area contributed by atoms with Crippen LogP contribution in [-0.4, -0.2) is 42.1 Å². The number of carbonyl (C=O) groups excluding carboxylic acids is 1. The van der Waals surface area contributed by atoms with Gasteiger partial charge in [-0.15, -0.1) is 0 Å². The normalized spacial score (nSPS) is 14.5. The number of benzene rings is 2. The summed E-state index contributed by atoms with van der Waals surface area (Å²) in [5.41, 5.74) is 5.40. The molecule has 5 nitrogen and oxygen atoms in total. The molecule has 1 fully saturated rings. The average Bonchev–Trinajstić information content (AvgIpc) is 2.74. The zero-order valence-corrected chi connectivity index (χ0v) is 17.4. The largest absolute Gasteiger partial charge is 0.366 e. The maximum absolute atomic E-state index is 12.9. The van der Waals surface area contributed by atoms with Gasteiger partial charge in [-0.2, -0.15) is 0 Å². The third-order valence-corrected chi connectivity index (χ3v) is 5.68. The molecule has 2 aromatic carbocycles. The van der Waals surface area contributed by atoms with Crippen molar-refractivity contribution in [1.82, 2.24) is 9.88 Å². The highest BCUT2D eigenvalue weighted by Crippen LogP contribution is 2.28. The number of piperazine rings is 1. The molecule has 0 atom stereocenters. The summed E-state index contributed by atoms with van der Waals surface area (Å²) in [6.07, 6.45) is 1.84. The molecule has 1 N–H and O–H groups in total. The number of aromatic nitrogens is 1. The van der Waals surface area contributed by atoms with Crippen molar-refractivity contribution in [2.75, 3.05) is 36.4 Å². The molecule has 1 aromatic heterocycles. The quantitative estimate of drug-likeness (QED) is 0.685. The minimum absolute atomic E-state index is 0.0168. The number of rotatable bonds is 3. The molecule has 1 saturated heterocycles. The highest BCUT2D eigenvalue weighted by Gasteiger charge is 2.23. The minimum Gasteiger partial charge on any atom is -0.366 e. The molecular formula is C24H28N4O. The number of hydrogen-bond donors (Lipinski definition) is 1. The van der Waals surface area contributed by atoms with E-state index >= 15 is 0 Å². The summed E-state index contributed by atoms with van der Waals surface area (Å²) in [7, 11) is 0. The molecule has 1 aliphatic heterocycles. The van der Waals surface area contributed by atoms with Crippen LogP contribution in [0.5, 0.6) is 0 Å². The van der Waals surface area contributed by atoms with E-state index in [2.05, 4.69) is 65.4 Å². The Kier molecular flexibility index (Phi) is 5.38. The minimum atomic E-state index is -0.0168. The Morgan fingerprint density at radius 3 is 2.48 bits per heavy atom. The van der Waals surface area contributed by atoms with Gasteiger partial charge in [-0.25, -0.2) is 4.79 Å². The van der Waals surface area contributed by atoms with Crippen molar-refractivity contribution in [2.24, 2.45) is 0 Å². The standard InChI is InChI=1S/C24H28N4O/c1-17(2)20-10-4-7-18(3)22(20)26-24(29)28-15-13-27(14-16-28)21-11-5-8-19-9-6-12-25-23(19)21/h4-12,17H,13-16H2,1-3H3,(H,26,29). The Morgan fingerprint density at radius 1 is 1.00 bits per heavy atom. The van der Waals surface area contributed by atoms with Crippen LogP contribution < -0.4 is 10.2 Å². The smallest absolute Gasteiger partial charge is 0.321 e. The van der Waals surface area contributed by atoms with E-state index in [1.807, 2.05) is 30.2 Å². The van der Waals surface area contributed by atoms with Crippen molar-refractivity contribution < 1.29 is 4.79 Å². The first-order valence-electron chi connectivity index (χ1n) is 10.3. The number of anilines is 2. The van der Waals surface area contributed by atoms with Crippen LogP contribution in [0.2, 0.25) is 0 Å². The van der Waals surface area contributed by atoms with Gasteiger partial charge in [0, 0.05) is 43.4 Å². The predicted molar refractivity (Wildman–Crippen MR) is 120 cm³/mol. The predicted octanol–water partition coefficient (Wildman–Crippen LogP) is 5.02. The Labute approximate surface area is 172 Å². The van der Waals surface area contributed by atoms with Gasteiger partial charge in [-0.1, -0.05) is 50.2 Å². The number of para-hydroxylation sites is 2. The van der Waals surface area contributed by atoms with Crippen molar-refractivity contribution in [3.8, 4) is 0 Å². The second-order valence-corrected chi connectivity index (χ2v) is 7.95. The maximum Gasteiger partial charge on any atom is 0.321 e. The fourth-order valence-electron chi connectivity index (χ4n) is 4.02. The first-order valence-corrected chi connectivity index (χ1v) is 10.3. The fraction of sp³-hybridized carbons (Fsp3) is 0.333. The number of hydrogen-bond acceptors (Lipinski definition) is 3. The molecule has 4 rings (SSSR count). The number of carbonyl (C=O) groups is 1. The fourth-order valence-corrected chi connectivity index (χ4v) is 4.02. The summed E-state index contributed by atoms with van der Waals surface area (Å²) in [6, 6.07) is 16.5. The first kappa shape index (κ1) is 19.2. The van der Waals surface area contributed by atoms with Crippen molar-refractivity contribution in [3.05, 3.63) is 65.9 Å². The number of urea groups is 1. The van der Waals surface area contributed by atoms with E-state index < -0.39 is 0 Å². The number of nitrogens with zero attached hydrogens (tertiary/aromatic N) is 3. The second kappa shape index (κ2) is 8.11. The lowest BCUT2D eigenvalue weighted by Crippen LogP contribution is -2.50. The third kappa shape index (κ3) is 3.90. The molecule has 0 spiro atoms. The summed E-state index contributed by atoms with van der Waals surface area (Å²) in [5.74, 6) is 0.362. The molecular weight excluding hydrogens is 360 g/mol. The number of amides is 2. The number of nitrogens with one attached hydrogen (secondary N) is 1. The van der Waals surface area contributed by atoms with Crippen molar-refractivity contribution >= 4 is 28.3 Å². The van der Waals surface area contributed by atoms with Gasteiger partial charge in [0.1, 0.15) is 0 Å². The van der Waals surface area contributed by atoms with Gasteiger partial charge in [0.25, 0.3) is 0 Å². The van der Waals surface area contributed by atoms with Gasteiger partial charge in [0.05, 0.1) is 11.2 Å². The lowest BCUT2D eigenvalue weighted by Gasteiger charge is -2.36. The van der Waals surface area contributed by atoms with Gasteiger partial charge < -0.3 is 15.1 Å². The van der Waals surface area contributed by atoms with Gasteiger partial charge in [0.2, 0.25) is 0 Å². The molecule has 3 aromatic rings. The van der Waals surface area contributed by atoms with E-state index in [0.717, 1.165) is 40.9 Å². The van der Waals surface area contributed by atoms with E-state index in [0.29, 0.717) is 19.0 Å². The summed E-state index contributed by atoms with van der Waals surface area (Å²) in [5, 5.41) is 4.31. The molecule has 0 bridgehead atoms. The van der Waals surface area contributed by atoms with Gasteiger partial charge in [-0.05, 0) is 36.1 Å². The van der Waals surface area contributed by atoms with E-state index in [1.54, 1.807) is 0 Å². The van der Waals surface area contributed by atoms with E-state index in [-0.39, 0.29) is 6.03 Å². The molecule has 0 unspecified atom stereocenters. The zero-order valence-electron chi connectivity index (χ0n) is 17.4. The lowest BCUT2D eigenvalue weighted by atomic mass is 9.98. The van der Waals surface area contributed by atoms with Crippen LogP contribution in [0.25, 0.3) is 10.9 Å². The average molecular weight is 389 g/mol. The Hall–Kier alpha value is -3.08. The third-order valence-electron chi connectivity index (χ3n) is 5.68. The Morgan fingerprint density at radius 2 is 1.72 bits per heavy atom. The molecule has 0 radical (unpaired) electrons. The maximum atomic E-state index is 12.9. The van der Waals surface area contributed by atoms with Crippen molar-refractivity contribution in [3.63, 3.8) is 0 Å². The molecule has 0 aliphatic carbocycles. The van der Waals surface area contributed by atoms with E-state index in [4.69, 9.17) is 0 Å². The molecule has 29 heavy (non-hydrogen) atoms. The van der Waals surface area contributed by atoms with Gasteiger partial charge in [-0.3, -0.25) is 4.98 Å².